The van der Waals surface area contributed by atoms with Gasteiger partial charge in [-0.3, -0.25) is 4.98 Å². The van der Waals surface area contributed by atoms with Crippen molar-refractivity contribution in [1.82, 2.24) is 24.9 Å². The predicted molar refractivity (Wildman–Crippen MR) is 374 cm³/mol. The van der Waals surface area contributed by atoms with E-state index in [0.29, 0.717) is 51.8 Å². The summed E-state index contributed by atoms with van der Waals surface area (Å²) < 4.78 is 33.6. The molecule has 10 heteroatoms. The fraction of sp³-hybridized carbons (Fsp3) is 0.0706. The van der Waals surface area contributed by atoms with Crippen LogP contribution in [0.15, 0.2) is 265 Å². The van der Waals surface area contributed by atoms with Gasteiger partial charge in [-0.15, -0.1) is 0 Å². The third-order valence-corrected chi connectivity index (χ3v) is 19.5. The SMILES string of the molecule is CC1(C)c2ccccc2-c2c1ccc1c2Oc2cc(-c3cc(-c4ccc(-c5cccc6c5oc5ccc(-c7ccc(-c8cc(-c9ccccn9)nc(-c9ccc%10c(c9)Oc9c(ccc%11c9-c9ccccc9C%11(C)C)O%10)n8)cc7)cc56)cc4)nc(-c4ccccc4)n3)ccc2O1. The van der Waals surface area contributed by atoms with E-state index in [-0.39, 0.29) is 10.8 Å². The minimum Gasteiger partial charge on any atom is -0.455 e. The van der Waals surface area contributed by atoms with E-state index in [9.17, 15) is 0 Å². The van der Waals surface area contributed by atoms with Crippen molar-refractivity contribution in [1.29, 1.82) is 0 Å². The minimum atomic E-state index is -0.182. The molecule has 450 valence electrons. The smallest absolute Gasteiger partial charge is 0.178 e. The first-order valence-corrected chi connectivity index (χ1v) is 32.0. The van der Waals surface area contributed by atoms with Gasteiger partial charge in [0.05, 0.1) is 28.5 Å². The molecule has 6 heterocycles. The summed E-state index contributed by atoms with van der Waals surface area (Å²) in [5.74, 6) is 6.53. The molecule has 0 saturated carbocycles. The molecule has 10 nitrogen and oxygen atoms in total. The maximum absolute atomic E-state index is 6.88. The molecule has 0 radical (unpaired) electrons. The Morgan fingerprint density at radius 1 is 0.284 bits per heavy atom. The van der Waals surface area contributed by atoms with Crippen molar-refractivity contribution < 1.29 is 23.4 Å². The minimum absolute atomic E-state index is 0.176. The van der Waals surface area contributed by atoms with Crippen LogP contribution in [0.1, 0.15) is 49.9 Å². The van der Waals surface area contributed by atoms with Crippen LogP contribution >= 0.6 is 0 Å². The lowest BCUT2D eigenvalue weighted by Gasteiger charge is -2.25. The Kier molecular flexibility index (Phi) is 11.8. The van der Waals surface area contributed by atoms with Crippen LogP contribution in [0, 0.1) is 0 Å². The number of rotatable bonds is 8. The first-order chi connectivity index (χ1) is 46.5. The molecule has 4 aromatic heterocycles. The molecule has 0 saturated heterocycles. The van der Waals surface area contributed by atoms with Crippen LogP contribution in [0.5, 0.6) is 46.0 Å². The molecule has 19 rings (SSSR count). The third-order valence-electron chi connectivity index (χ3n) is 19.5. The van der Waals surface area contributed by atoms with Gasteiger partial charge in [-0.25, -0.2) is 19.9 Å². The number of furan rings is 1. The number of nitrogens with zero attached hydrogens (tertiary/aromatic N) is 5. The Bertz CT molecular complexity index is 5720. The fourth-order valence-corrected chi connectivity index (χ4v) is 14.6. The Morgan fingerprint density at radius 3 is 1.41 bits per heavy atom. The molecule has 0 bridgehead atoms. The number of hydrogen-bond acceptors (Lipinski definition) is 10. The molecule has 2 aliphatic heterocycles. The molecule has 0 atom stereocenters. The van der Waals surface area contributed by atoms with Crippen molar-refractivity contribution >= 4 is 21.9 Å². The van der Waals surface area contributed by atoms with Crippen molar-refractivity contribution in [3.8, 4) is 158 Å². The van der Waals surface area contributed by atoms with Crippen molar-refractivity contribution in [2.45, 2.75) is 38.5 Å². The summed E-state index contributed by atoms with van der Waals surface area (Å²) in [5, 5.41) is 2.07. The number of hydrogen-bond donors (Lipinski definition) is 0. The standard InChI is InChI=1S/C85H55N5O5/c1-84(2)61-21-10-8-17-58(61)77-63(84)35-40-73-80(77)94-75-44-54(33-38-71(75)91-73)68-46-66(87-82(89-68)52-15-6-5-7-16-52)51-30-26-49(27-31-51)56-19-14-20-57-60-43-53(32-37-70(60)93-79(56)57)48-24-28-50(29-25-48)67-47-69(65-23-12-13-42-86-65)90-83(88-67)55-34-39-72-76(45-55)95-81-74(92-72)41-36-64-78(81)59-18-9-11-22-62(59)85(64,3)4/h5-47H,1-4H3. The van der Waals surface area contributed by atoms with Gasteiger partial charge >= 0.3 is 0 Å². The van der Waals surface area contributed by atoms with E-state index in [4.69, 9.17) is 48.3 Å². The van der Waals surface area contributed by atoms with Gasteiger partial charge < -0.3 is 23.4 Å². The zero-order chi connectivity index (χ0) is 63.3. The zero-order valence-corrected chi connectivity index (χ0v) is 52.1. The zero-order valence-electron chi connectivity index (χ0n) is 52.1. The van der Waals surface area contributed by atoms with E-state index in [2.05, 4.69) is 179 Å². The van der Waals surface area contributed by atoms with E-state index in [0.717, 1.165) is 123 Å². The Hall–Kier alpha value is -12.3. The van der Waals surface area contributed by atoms with Gasteiger partial charge in [-0.2, -0.15) is 0 Å². The van der Waals surface area contributed by atoms with Gasteiger partial charge in [0.15, 0.2) is 57.6 Å². The summed E-state index contributed by atoms with van der Waals surface area (Å²) >= 11 is 0. The number of benzene rings is 11. The molecule has 0 unspecified atom stereocenters. The second-order valence-electron chi connectivity index (χ2n) is 25.9. The lowest BCUT2D eigenvalue weighted by atomic mass is 9.82. The van der Waals surface area contributed by atoms with Crippen LogP contribution in [0.4, 0.5) is 0 Å². The molecule has 0 amide bonds. The lowest BCUT2D eigenvalue weighted by Crippen LogP contribution is -2.15. The van der Waals surface area contributed by atoms with E-state index < -0.39 is 0 Å². The Labute approximate surface area is 547 Å². The van der Waals surface area contributed by atoms with E-state index in [1.807, 2.05) is 103 Å². The van der Waals surface area contributed by atoms with Crippen LogP contribution in [0.3, 0.4) is 0 Å². The number of aromatic nitrogens is 5. The number of fused-ring (bicyclic) bond motifs is 15. The van der Waals surface area contributed by atoms with Crippen LogP contribution in [0.2, 0.25) is 0 Å². The fourth-order valence-electron chi connectivity index (χ4n) is 14.6. The Morgan fingerprint density at radius 2 is 0.779 bits per heavy atom. The third kappa shape index (κ3) is 8.67. The van der Waals surface area contributed by atoms with Crippen molar-refractivity contribution in [2.24, 2.45) is 0 Å². The first kappa shape index (κ1) is 54.5. The monoisotopic (exact) mass is 1230 g/mol. The molecule has 0 N–H and O–H groups in total. The quantitative estimate of drug-likeness (QED) is 0.146. The van der Waals surface area contributed by atoms with Crippen LogP contribution in [0.25, 0.3) is 134 Å². The summed E-state index contributed by atoms with van der Waals surface area (Å²) in [7, 11) is 0. The highest BCUT2D eigenvalue weighted by atomic mass is 16.6. The summed E-state index contributed by atoms with van der Waals surface area (Å²) in [6.45, 7) is 9.07. The van der Waals surface area contributed by atoms with E-state index >= 15 is 0 Å². The second kappa shape index (κ2) is 20.6. The lowest BCUT2D eigenvalue weighted by molar-refractivity contribution is 0.360. The molecule has 95 heavy (non-hydrogen) atoms. The highest BCUT2D eigenvalue weighted by molar-refractivity contribution is 6.10. The summed E-state index contributed by atoms with van der Waals surface area (Å²) in [6, 6.07) is 87.4. The van der Waals surface area contributed by atoms with Crippen molar-refractivity contribution in [3.63, 3.8) is 0 Å². The highest BCUT2D eigenvalue weighted by Gasteiger charge is 2.41. The van der Waals surface area contributed by atoms with Gasteiger partial charge in [0.2, 0.25) is 0 Å². The molecular formula is C85H55N5O5. The second-order valence-corrected chi connectivity index (χ2v) is 25.9. The molecule has 11 aromatic carbocycles. The van der Waals surface area contributed by atoms with Crippen molar-refractivity contribution in [3.05, 3.63) is 283 Å². The van der Waals surface area contributed by atoms with E-state index in [1.54, 1.807) is 6.20 Å². The maximum Gasteiger partial charge on any atom is 0.178 e. The predicted octanol–water partition coefficient (Wildman–Crippen LogP) is 22.3. The summed E-state index contributed by atoms with van der Waals surface area (Å²) in [6.07, 6.45) is 1.79. The van der Waals surface area contributed by atoms with Gasteiger partial charge in [-0.05, 0) is 135 Å². The maximum atomic E-state index is 6.88. The molecule has 15 aromatic rings. The summed E-state index contributed by atoms with van der Waals surface area (Å²) in [5.41, 5.74) is 23.1. The number of pyridine rings is 1. The number of ether oxygens (including phenoxy) is 4. The average molecular weight is 1230 g/mol. The topological polar surface area (TPSA) is 115 Å². The molecule has 4 aliphatic rings. The first-order valence-electron chi connectivity index (χ1n) is 32.0. The van der Waals surface area contributed by atoms with Crippen LogP contribution in [-0.2, 0) is 10.8 Å². The van der Waals surface area contributed by atoms with Gasteiger partial charge in [-0.1, -0.05) is 198 Å². The largest absolute Gasteiger partial charge is 0.455 e. The normalized spacial score (nSPS) is 13.8. The average Bonchev–Trinajstić information content (AvgIpc) is 1.59. The van der Waals surface area contributed by atoms with Crippen LogP contribution < -0.4 is 18.9 Å². The molecule has 0 fully saturated rings. The molecule has 2 aliphatic carbocycles. The summed E-state index contributed by atoms with van der Waals surface area (Å²) in [4.78, 5) is 25.4. The number of para-hydroxylation sites is 1. The van der Waals surface area contributed by atoms with Crippen molar-refractivity contribution in [2.75, 3.05) is 0 Å². The highest BCUT2D eigenvalue weighted by Crippen LogP contribution is 2.61. The molecule has 0 spiro atoms. The Balaban J connectivity index is 0.614. The van der Waals surface area contributed by atoms with Gasteiger partial charge in [0.1, 0.15) is 11.2 Å². The van der Waals surface area contributed by atoms with E-state index in [1.165, 1.54) is 27.8 Å². The van der Waals surface area contributed by atoms with Crippen LogP contribution in [-0.4, -0.2) is 24.9 Å². The van der Waals surface area contributed by atoms with Gasteiger partial charge in [0.25, 0.3) is 0 Å². The van der Waals surface area contributed by atoms with Gasteiger partial charge in [0, 0.05) is 72.3 Å². The molecular weight excluding hydrogens is 1170 g/mol.